The first-order valence-corrected chi connectivity index (χ1v) is 6.35. The van der Waals surface area contributed by atoms with Crippen molar-refractivity contribution in [2.75, 3.05) is 12.4 Å². The third-order valence-corrected chi connectivity index (χ3v) is 2.90. The van der Waals surface area contributed by atoms with E-state index in [-0.39, 0.29) is 0 Å². The summed E-state index contributed by atoms with van der Waals surface area (Å²) in [6, 6.07) is 7.52. The summed E-state index contributed by atoms with van der Waals surface area (Å²) in [6.45, 7) is 0. The van der Waals surface area contributed by atoms with Crippen LogP contribution in [-0.2, 0) is 0 Å². The Hall–Kier alpha value is -1.14. The molecule has 0 saturated heterocycles. The van der Waals surface area contributed by atoms with Crippen molar-refractivity contribution in [2.24, 2.45) is 0 Å². The molecule has 0 saturated carbocycles. The van der Waals surface area contributed by atoms with E-state index in [1.807, 2.05) is 18.2 Å². The Morgan fingerprint density at radius 3 is 2.65 bits per heavy atom. The molecule has 1 aromatic heterocycles. The van der Waals surface area contributed by atoms with Crippen LogP contribution in [0.4, 0.5) is 11.5 Å². The second-order valence-electron chi connectivity index (χ2n) is 3.23. The van der Waals surface area contributed by atoms with Crippen molar-refractivity contribution in [1.29, 1.82) is 0 Å². The van der Waals surface area contributed by atoms with Crippen LogP contribution in [0.3, 0.4) is 0 Å². The fourth-order valence-electron chi connectivity index (χ4n) is 1.30. The first kappa shape index (κ1) is 12.3. The summed E-state index contributed by atoms with van der Waals surface area (Å²) in [6.07, 6.45) is 1.49. The number of anilines is 2. The largest absolute Gasteiger partial charge is 0.497 e. The Kier molecular flexibility index (Phi) is 3.96. The van der Waals surface area contributed by atoms with Gasteiger partial charge in [-0.25, -0.2) is 9.97 Å². The number of hydrogen-bond donors (Lipinski definition) is 1. The predicted molar refractivity (Wildman–Crippen MR) is 73.7 cm³/mol. The molecule has 1 aromatic carbocycles. The molecule has 2 rings (SSSR count). The smallest absolute Gasteiger partial charge is 0.134 e. The van der Waals surface area contributed by atoms with E-state index in [0.717, 1.165) is 20.5 Å². The van der Waals surface area contributed by atoms with Crippen LogP contribution < -0.4 is 10.1 Å². The Balaban J connectivity index is 2.26. The summed E-state index contributed by atoms with van der Waals surface area (Å²) in [4.78, 5) is 8.08. The second kappa shape index (κ2) is 5.46. The zero-order chi connectivity index (χ0) is 12.3. The Labute approximate surface area is 116 Å². The lowest BCUT2D eigenvalue weighted by molar-refractivity contribution is 0.415. The lowest BCUT2D eigenvalue weighted by atomic mass is 10.3. The van der Waals surface area contributed by atoms with Crippen LogP contribution in [0.25, 0.3) is 0 Å². The maximum Gasteiger partial charge on any atom is 0.134 e. The van der Waals surface area contributed by atoms with Gasteiger partial charge in [0.1, 0.15) is 22.5 Å². The summed E-state index contributed by atoms with van der Waals surface area (Å²) in [5.74, 6) is 1.49. The van der Waals surface area contributed by atoms with E-state index in [9.17, 15) is 0 Å². The highest BCUT2D eigenvalue weighted by molar-refractivity contribution is 9.10. The average Bonchev–Trinajstić information content (AvgIpc) is 2.28. The first-order chi connectivity index (χ1) is 8.17. The van der Waals surface area contributed by atoms with Crippen molar-refractivity contribution < 1.29 is 4.74 Å². The van der Waals surface area contributed by atoms with Crippen molar-refractivity contribution in [3.05, 3.63) is 39.7 Å². The molecule has 0 bridgehead atoms. The van der Waals surface area contributed by atoms with Gasteiger partial charge in [0, 0.05) is 22.3 Å². The van der Waals surface area contributed by atoms with E-state index in [1.165, 1.54) is 6.33 Å². The van der Waals surface area contributed by atoms with E-state index < -0.39 is 0 Å². The molecule has 0 atom stereocenters. The quantitative estimate of drug-likeness (QED) is 0.848. The van der Waals surface area contributed by atoms with Crippen LogP contribution in [0, 0.1) is 0 Å². The Bertz CT molecular complexity index is 534. The minimum Gasteiger partial charge on any atom is -0.497 e. The molecule has 0 spiro atoms. The van der Waals surface area contributed by atoms with Crippen molar-refractivity contribution in [3.63, 3.8) is 0 Å². The topological polar surface area (TPSA) is 47.0 Å². The van der Waals surface area contributed by atoms with Crippen molar-refractivity contribution >= 4 is 43.4 Å². The highest BCUT2D eigenvalue weighted by atomic mass is 79.9. The number of benzene rings is 1. The number of hydrogen-bond acceptors (Lipinski definition) is 4. The highest BCUT2D eigenvalue weighted by Gasteiger charge is 2.01. The van der Waals surface area contributed by atoms with Crippen LogP contribution in [0.2, 0.25) is 0 Å². The SMILES string of the molecule is COc1cc(Br)cc(Nc2cc(Br)ncn2)c1. The minimum absolute atomic E-state index is 0.715. The molecule has 0 amide bonds. The number of rotatable bonds is 3. The van der Waals surface area contributed by atoms with Gasteiger partial charge in [-0.3, -0.25) is 0 Å². The zero-order valence-electron chi connectivity index (χ0n) is 8.95. The summed E-state index contributed by atoms with van der Waals surface area (Å²) >= 11 is 6.71. The number of aromatic nitrogens is 2. The maximum atomic E-state index is 5.19. The van der Waals surface area contributed by atoms with E-state index in [4.69, 9.17) is 4.74 Å². The third kappa shape index (κ3) is 3.41. The number of methoxy groups -OCH3 is 1. The fraction of sp³-hybridized carbons (Fsp3) is 0.0909. The lowest BCUT2D eigenvalue weighted by Crippen LogP contribution is -1.95. The minimum atomic E-state index is 0.715. The standard InChI is InChI=1S/C11H9Br2N3O/c1-17-9-3-7(12)2-8(4-9)16-11-5-10(13)14-6-15-11/h2-6H,1H3,(H,14,15,16). The van der Waals surface area contributed by atoms with E-state index >= 15 is 0 Å². The normalized spacial score (nSPS) is 10.1. The molecular weight excluding hydrogens is 350 g/mol. The van der Waals surface area contributed by atoms with Crippen LogP contribution in [0.5, 0.6) is 5.75 Å². The maximum absolute atomic E-state index is 5.19. The molecule has 0 fully saturated rings. The van der Waals surface area contributed by atoms with Crippen molar-refractivity contribution in [2.45, 2.75) is 0 Å². The molecule has 4 nitrogen and oxygen atoms in total. The number of nitrogens with one attached hydrogen (secondary N) is 1. The number of ether oxygens (including phenoxy) is 1. The molecule has 0 unspecified atom stereocenters. The molecule has 88 valence electrons. The fourth-order valence-corrected chi connectivity index (χ4v) is 2.08. The van der Waals surface area contributed by atoms with Gasteiger partial charge in [0.2, 0.25) is 0 Å². The number of nitrogens with zero attached hydrogens (tertiary/aromatic N) is 2. The molecule has 0 aliphatic carbocycles. The Morgan fingerprint density at radius 1 is 1.12 bits per heavy atom. The molecule has 2 aromatic rings. The van der Waals surface area contributed by atoms with E-state index in [0.29, 0.717) is 5.82 Å². The Morgan fingerprint density at radius 2 is 1.94 bits per heavy atom. The molecule has 17 heavy (non-hydrogen) atoms. The van der Waals surface area contributed by atoms with Crippen LogP contribution >= 0.6 is 31.9 Å². The second-order valence-corrected chi connectivity index (χ2v) is 4.96. The molecule has 0 aliphatic heterocycles. The van der Waals surface area contributed by atoms with Crippen molar-refractivity contribution in [3.8, 4) is 5.75 Å². The summed E-state index contributed by atoms with van der Waals surface area (Å²) in [5.41, 5.74) is 0.891. The third-order valence-electron chi connectivity index (χ3n) is 2.01. The van der Waals surface area contributed by atoms with Gasteiger partial charge in [-0.05, 0) is 28.1 Å². The molecule has 6 heteroatoms. The van der Waals surface area contributed by atoms with Gasteiger partial charge >= 0.3 is 0 Å². The van der Waals surface area contributed by atoms with Gasteiger partial charge in [0.05, 0.1) is 7.11 Å². The summed E-state index contributed by atoms with van der Waals surface area (Å²) in [5, 5.41) is 3.17. The average molecular weight is 359 g/mol. The summed E-state index contributed by atoms with van der Waals surface area (Å²) < 4.78 is 6.86. The van der Waals surface area contributed by atoms with Gasteiger partial charge in [-0.2, -0.15) is 0 Å². The summed E-state index contributed by atoms with van der Waals surface area (Å²) in [7, 11) is 1.63. The lowest BCUT2D eigenvalue weighted by Gasteiger charge is -2.08. The molecule has 0 aliphatic rings. The highest BCUT2D eigenvalue weighted by Crippen LogP contribution is 2.26. The van der Waals surface area contributed by atoms with Gasteiger partial charge in [0.25, 0.3) is 0 Å². The monoisotopic (exact) mass is 357 g/mol. The van der Waals surface area contributed by atoms with E-state index in [1.54, 1.807) is 13.2 Å². The zero-order valence-corrected chi connectivity index (χ0v) is 12.1. The van der Waals surface area contributed by atoms with Crippen molar-refractivity contribution in [1.82, 2.24) is 9.97 Å². The van der Waals surface area contributed by atoms with Crippen LogP contribution in [-0.4, -0.2) is 17.1 Å². The van der Waals surface area contributed by atoms with Gasteiger partial charge in [-0.1, -0.05) is 15.9 Å². The first-order valence-electron chi connectivity index (χ1n) is 4.76. The van der Waals surface area contributed by atoms with Crippen LogP contribution in [0.15, 0.2) is 39.7 Å². The molecule has 1 N–H and O–H groups in total. The van der Waals surface area contributed by atoms with Gasteiger partial charge in [0.15, 0.2) is 0 Å². The molecule has 1 heterocycles. The molecular formula is C11H9Br2N3O. The van der Waals surface area contributed by atoms with Gasteiger partial charge in [-0.15, -0.1) is 0 Å². The van der Waals surface area contributed by atoms with Gasteiger partial charge < -0.3 is 10.1 Å². The predicted octanol–water partition coefficient (Wildman–Crippen LogP) is 3.75. The molecule has 0 radical (unpaired) electrons. The van der Waals surface area contributed by atoms with E-state index in [2.05, 4.69) is 47.1 Å². The van der Waals surface area contributed by atoms with Crippen LogP contribution in [0.1, 0.15) is 0 Å². The number of halogens is 2.